The van der Waals surface area contributed by atoms with Crippen LogP contribution in [0, 0.1) is 12.8 Å². The third-order valence-corrected chi connectivity index (χ3v) is 3.64. The Morgan fingerprint density at radius 2 is 2.12 bits per heavy atom. The van der Waals surface area contributed by atoms with Gasteiger partial charge in [-0.3, -0.25) is 4.79 Å². The number of aryl methyl sites for hydroxylation is 1. The normalized spacial score (nSPS) is 24.6. The minimum Gasteiger partial charge on any atom is -0.367 e. The quantitative estimate of drug-likeness (QED) is 0.846. The molecule has 0 bridgehead atoms. The molecule has 17 heavy (non-hydrogen) atoms. The van der Waals surface area contributed by atoms with Gasteiger partial charge in [-0.1, -0.05) is 13.3 Å². The maximum atomic E-state index is 11.3. The minimum absolute atomic E-state index is 0.0813. The summed E-state index contributed by atoms with van der Waals surface area (Å²) in [6.45, 7) is 4.07. The zero-order chi connectivity index (χ0) is 12.3. The number of hydrogen-bond donors (Lipinski definition) is 2. The van der Waals surface area contributed by atoms with Crippen LogP contribution in [0.2, 0.25) is 0 Å². The summed E-state index contributed by atoms with van der Waals surface area (Å²) in [7, 11) is 0. The molecule has 0 unspecified atom stereocenters. The predicted molar refractivity (Wildman–Crippen MR) is 69.3 cm³/mol. The Labute approximate surface area is 102 Å². The number of anilines is 1. The highest BCUT2D eigenvalue weighted by Crippen LogP contribution is 2.27. The van der Waals surface area contributed by atoms with Gasteiger partial charge in [0, 0.05) is 12.1 Å². The summed E-state index contributed by atoms with van der Waals surface area (Å²) in [6, 6.07) is 2.02. The average Bonchev–Trinajstić information content (AvgIpc) is 2.28. The Hall–Kier alpha value is -1.32. The van der Waals surface area contributed by atoms with E-state index >= 15 is 0 Å². The molecule has 1 aliphatic rings. The van der Waals surface area contributed by atoms with E-state index in [1.807, 2.05) is 0 Å². The molecule has 94 valence electrons. The first-order valence-corrected chi connectivity index (χ1v) is 6.52. The number of H-pyrrole nitrogens is 1. The molecule has 0 atom stereocenters. The van der Waals surface area contributed by atoms with Crippen molar-refractivity contribution in [2.45, 2.75) is 52.0 Å². The summed E-state index contributed by atoms with van der Waals surface area (Å²) < 4.78 is 0. The molecule has 2 N–H and O–H groups in total. The highest BCUT2D eigenvalue weighted by atomic mass is 16.1. The fourth-order valence-electron chi connectivity index (χ4n) is 2.58. The van der Waals surface area contributed by atoms with Crippen molar-refractivity contribution in [3.05, 3.63) is 22.2 Å². The van der Waals surface area contributed by atoms with E-state index in [2.05, 4.69) is 22.2 Å². The second kappa shape index (κ2) is 5.34. The van der Waals surface area contributed by atoms with Crippen molar-refractivity contribution in [2.24, 2.45) is 5.92 Å². The molecule has 0 saturated heterocycles. The van der Waals surface area contributed by atoms with Crippen LogP contribution in [0.15, 0.2) is 10.9 Å². The molecule has 4 heteroatoms. The van der Waals surface area contributed by atoms with E-state index in [0.29, 0.717) is 17.7 Å². The van der Waals surface area contributed by atoms with Crippen molar-refractivity contribution in [1.82, 2.24) is 9.97 Å². The topological polar surface area (TPSA) is 57.8 Å². The van der Waals surface area contributed by atoms with Crippen molar-refractivity contribution in [2.75, 3.05) is 5.32 Å². The number of aromatic nitrogens is 2. The van der Waals surface area contributed by atoms with Gasteiger partial charge in [0.1, 0.15) is 11.6 Å². The molecule has 1 aromatic heterocycles. The number of aromatic amines is 1. The SMILES string of the molecule is CCC1CCC(Nc2cc(=O)[nH]c(C)n2)CC1. The minimum atomic E-state index is -0.0813. The largest absolute Gasteiger partial charge is 0.367 e. The summed E-state index contributed by atoms with van der Waals surface area (Å²) in [5.41, 5.74) is -0.0813. The van der Waals surface area contributed by atoms with Crippen molar-refractivity contribution in [1.29, 1.82) is 0 Å². The number of nitrogens with one attached hydrogen (secondary N) is 2. The van der Waals surface area contributed by atoms with Gasteiger partial charge in [-0.05, 0) is 38.5 Å². The maximum absolute atomic E-state index is 11.3. The molecule has 0 radical (unpaired) electrons. The Balaban J connectivity index is 1.95. The fourth-order valence-corrected chi connectivity index (χ4v) is 2.58. The van der Waals surface area contributed by atoms with Gasteiger partial charge in [-0.15, -0.1) is 0 Å². The maximum Gasteiger partial charge on any atom is 0.252 e. The molecule has 0 amide bonds. The fraction of sp³-hybridized carbons (Fsp3) is 0.692. The van der Waals surface area contributed by atoms with Crippen LogP contribution >= 0.6 is 0 Å². The zero-order valence-corrected chi connectivity index (χ0v) is 10.6. The standard InChI is InChI=1S/C13H21N3O/c1-3-10-4-6-11(7-5-10)16-12-8-13(17)15-9(2)14-12/h8,10-11H,3-7H2,1-2H3,(H2,14,15,16,17). The van der Waals surface area contributed by atoms with Crippen molar-refractivity contribution < 1.29 is 0 Å². The number of nitrogens with zero attached hydrogens (tertiary/aromatic N) is 1. The van der Waals surface area contributed by atoms with E-state index in [4.69, 9.17) is 0 Å². The number of rotatable bonds is 3. The van der Waals surface area contributed by atoms with E-state index < -0.39 is 0 Å². The molecular weight excluding hydrogens is 214 g/mol. The van der Waals surface area contributed by atoms with E-state index in [0.717, 1.165) is 5.92 Å². The molecule has 4 nitrogen and oxygen atoms in total. The molecule has 0 spiro atoms. The lowest BCUT2D eigenvalue weighted by atomic mass is 9.84. The Morgan fingerprint density at radius 1 is 1.41 bits per heavy atom. The summed E-state index contributed by atoms with van der Waals surface area (Å²) in [6.07, 6.45) is 6.24. The van der Waals surface area contributed by atoms with Crippen LogP contribution in [0.1, 0.15) is 44.9 Å². The molecular formula is C13H21N3O. The molecule has 1 fully saturated rings. The van der Waals surface area contributed by atoms with Crippen molar-refractivity contribution in [3.8, 4) is 0 Å². The van der Waals surface area contributed by atoms with Gasteiger partial charge >= 0.3 is 0 Å². The van der Waals surface area contributed by atoms with E-state index in [1.165, 1.54) is 32.1 Å². The summed E-state index contributed by atoms with van der Waals surface area (Å²) in [5.74, 6) is 2.27. The van der Waals surface area contributed by atoms with Crippen LogP contribution in [-0.4, -0.2) is 16.0 Å². The first-order chi connectivity index (χ1) is 8.17. The molecule has 0 aliphatic heterocycles. The first kappa shape index (κ1) is 12.1. The van der Waals surface area contributed by atoms with Crippen molar-refractivity contribution >= 4 is 5.82 Å². The molecule has 1 aliphatic carbocycles. The van der Waals surface area contributed by atoms with Gasteiger partial charge in [0.25, 0.3) is 5.56 Å². The lowest BCUT2D eigenvalue weighted by Crippen LogP contribution is -2.27. The Bertz CT molecular complexity index is 419. The predicted octanol–water partition coefficient (Wildman–Crippen LogP) is 2.46. The zero-order valence-electron chi connectivity index (χ0n) is 10.6. The molecule has 2 rings (SSSR count). The lowest BCUT2D eigenvalue weighted by molar-refractivity contribution is 0.330. The monoisotopic (exact) mass is 235 g/mol. The van der Waals surface area contributed by atoms with Crippen LogP contribution in [0.5, 0.6) is 0 Å². The van der Waals surface area contributed by atoms with Gasteiger partial charge in [0.05, 0.1) is 0 Å². The van der Waals surface area contributed by atoms with Crippen molar-refractivity contribution in [3.63, 3.8) is 0 Å². The summed E-state index contributed by atoms with van der Waals surface area (Å²) in [4.78, 5) is 18.3. The van der Waals surface area contributed by atoms with Crippen LogP contribution in [0.4, 0.5) is 5.82 Å². The van der Waals surface area contributed by atoms with Crippen LogP contribution in [-0.2, 0) is 0 Å². The van der Waals surface area contributed by atoms with Gasteiger partial charge in [-0.2, -0.15) is 0 Å². The third-order valence-electron chi connectivity index (χ3n) is 3.64. The number of hydrogen-bond acceptors (Lipinski definition) is 3. The van der Waals surface area contributed by atoms with E-state index in [-0.39, 0.29) is 5.56 Å². The van der Waals surface area contributed by atoms with Gasteiger partial charge in [0.2, 0.25) is 0 Å². The molecule has 0 aromatic carbocycles. The summed E-state index contributed by atoms with van der Waals surface area (Å²) >= 11 is 0. The first-order valence-electron chi connectivity index (χ1n) is 6.52. The van der Waals surface area contributed by atoms with Crippen LogP contribution in [0.3, 0.4) is 0 Å². The smallest absolute Gasteiger partial charge is 0.252 e. The average molecular weight is 235 g/mol. The van der Waals surface area contributed by atoms with E-state index in [1.54, 1.807) is 13.0 Å². The van der Waals surface area contributed by atoms with Gasteiger partial charge < -0.3 is 10.3 Å². The third kappa shape index (κ3) is 3.32. The van der Waals surface area contributed by atoms with Crippen LogP contribution < -0.4 is 10.9 Å². The van der Waals surface area contributed by atoms with Gasteiger partial charge in [-0.25, -0.2) is 4.98 Å². The van der Waals surface area contributed by atoms with E-state index in [9.17, 15) is 4.79 Å². The highest BCUT2D eigenvalue weighted by molar-refractivity contribution is 5.34. The second-order valence-electron chi connectivity index (χ2n) is 4.99. The van der Waals surface area contributed by atoms with Gasteiger partial charge in [0.15, 0.2) is 0 Å². The lowest BCUT2D eigenvalue weighted by Gasteiger charge is -2.28. The summed E-state index contributed by atoms with van der Waals surface area (Å²) in [5, 5.41) is 3.38. The Morgan fingerprint density at radius 3 is 2.71 bits per heavy atom. The molecule has 1 aromatic rings. The second-order valence-corrected chi connectivity index (χ2v) is 4.99. The highest BCUT2D eigenvalue weighted by Gasteiger charge is 2.20. The van der Waals surface area contributed by atoms with Crippen LogP contribution in [0.25, 0.3) is 0 Å². The molecule has 1 heterocycles. The molecule has 1 saturated carbocycles. The Kier molecular flexibility index (Phi) is 3.82.